The highest BCUT2D eigenvalue weighted by molar-refractivity contribution is 6.31. The Hall–Kier alpha value is -0.530. The van der Waals surface area contributed by atoms with Gasteiger partial charge in [-0.25, -0.2) is 0 Å². The summed E-state index contributed by atoms with van der Waals surface area (Å²) in [6, 6.07) is 9.17. The minimum Gasteiger partial charge on any atom is -0.313 e. The molecule has 106 valence electrons. The normalized spacial score (nSPS) is 15.7. The summed E-state index contributed by atoms with van der Waals surface area (Å²) in [6.45, 7) is 5.62. The average molecular weight is 280 g/mol. The molecule has 0 saturated heterocycles. The van der Waals surface area contributed by atoms with E-state index in [0.29, 0.717) is 0 Å². The number of hydrogen-bond acceptors (Lipinski definition) is 1. The third-order valence-electron chi connectivity index (χ3n) is 4.21. The van der Waals surface area contributed by atoms with Gasteiger partial charge in [0.2, 0.25) is 0 Å². The molecule has 0 atom stereocenters. The SMILES string of the molecule is CCCC(CCC)(CNC1CC1)c1ccccc1Cl. The lowest BCUT2D eigenvalue weighted by Crippen LogP contribution is -2.39. The van der Waals surface area contributed by atoms with E-state index in [1.807, 2.05) is 12.1 Å². The molecule has 2 heteroatoms. The molecule has 0 aliphatic heterocycles. The second-order valence-corrected chi connectivity index (χ2v) is 6.32. The van der Waals surface area contributed by atoms with Crippen molar-refractivity contribution < 1.29 is 0 Å². The zero-order chi connectivity index (χ0) is 13.7. The molecule has 0 unspecified atom stereocenters. The van der Waals surface area contributed by atoms with Crippen molar-refractivity contribution in [2.75, 3.05) is 6.54 Å². The Morgan fingerprint density at radius 3 is 2.32 bits per heavy atom. The number of halogens is 1. The number of benzene rings is 1. The fraction of sp³-hybridized carbons (Fsp3) is 0.647. The van der Waals surface area contributed by atoms with Crippen molar-refractivity contribution in [2.45, 2.75) is 63.8 Å². The van der Waals surface area contributed by atoms with E-state index in [2.05, 4.69) is 31.3 Å². The molecular formula is C17H26ClN. The van der Waals surface area contributed by atoms with Crippen LogP contribution in [0.25, 0.3) is 0 Å². The van der Waals surface area contributed by atoms with Gasteiger partial charge in [0, 0.05) is 23.0 Å². The van der Waals surface area contributed by atoms with Gasteiger partial charge in [-0.3, -0.25) is 0 Å². The summed E-state index contributed by atoms with van der Waals surface area (Å²) < 4.78 is 0. The molecule has 1 aliphatic carbocycles. The largest absolute Gasteiger partial charge is 0.313 e. The third kappa shape index (κ3) is 3.73. The van der Waals surface area contributed by atoms with Crippen LogP contribution in [0, 0.1) is 0 Å². The average Bonchev–Trinajstić information content (AvgIpc) is 3.21. The highest BCUT2D eigenvalue weighted by Gasteiger charge is 2.34. The van der Waals surface area contributed by atoms with Gasteiger partial charge in [0.25, 0.3) is 0 Å². The van der Waals surface area contributed by atoms with Crippen LogP contribution >= 0.6 is 11.6 Å². The maximum atomic E-state index is 6.48. The summed E-state index contributed by atoms with van der Waals surface area (Å²) in [6.07, 6.45) is 7.53. The highest BCUT2D eigenvalue weighted by Crippen LogP contribution is 2.38. The summed E-state index contributed by atoms with van der Waals surface area (Å²) >= 11 is 6.48. The first kappa shape index (κ1) is 14.9. The molecule has 0 heterocycles. The standard InChI is InChI=1S/C17H26ClN/c1-3-11-17(12-4-2,13-19-14-9-10-14)15-7-5-6-8-16(15)18/h5-8,14,19H,3-4,9-13H2,1-2H3. The first-order valence-corrected chi connectivity index (χ1v) is 8.08. The minimum atomic E-state index is 0.213. The van der Waals surface area contributed by atoms with E-state index in [0.717, 1.165) is 17.6 Å². The third-order valence-corrected chi connectivity index (χ3v) is 4.54. The Balaban J connectivity index is 2.25. The molecule has 1 N–H and O–H groups in total. The van der Waals surface area contributed by atoms with Crippen molar-refractivity contribution in [2.24, 2.45) is 0 Å². The van der Waals surface area contributed by atoms with Crippen LogP contribution < -0.4 is 5.32 Å². The molecule has 1 fully saturated rings. The molecule has 1 nitrogen and oxygen atoms in total. The second kappa shape index (κ2) is 6.76. The van der Waals surface area contributed by atoms with E-state index in [-0.39, 0.29) is 5.41 Å². The van der Waals surface area contributed by atoms with Crippen LogP contribution in [-0.2, 0) is 5.41 Å². The predicted molar refractivity (Wildman–Crippen MR) is 84.0 cm³/mol. The molecule has 1 aromatic carbocycles. The summed E-state index contributed by atoms with van der Waals surface area (Å²) in [5.41, 5.74) is 1.55. The zero-order valence-electron chi connectivity index (χ0n) is 12.2. The van der Waals surface area contributed by atoms with E-state index >= 15 is 0 Å². The van der Waals surface area contributed by atoms with Gasteiger partial charge in [-0.1, -0.05) is 56.5 Å². The fourth-order valence-electron chi connectivity index (χ4n) is 3.14. The molecule has 0 radical (unpaired) electrons. The summed E-state index contributed by atoms with van der Waals surface area (Å²) in [7, 11) is 0. The van der Waals surface area contributed by atoms with Crippen LogP contribution in [0.3, 0.4) is 0 Å². The van der Waals surface area contributed by atoms with E-state index < -0.39 is 0 Å². The van der Waals surface area contributed by atoms with Gasteiger partial charge >= 0.3 is 0 Å². The van der Waals surface area contributed by atoms with Crippen molar-refractivity contribution in [3.8, 4) is 0 Å². The van der Waals surface area contributed by atoms with E-state index in [1.165, 1.54) is 44.1 Å². The molecule has 1 aliphatic rings. The van der Waals surface area contributed by atoms with Crippen molar-refractivity contribution in [3.05, 3.63) is 34.9 Å². The summed E-state index contributed by atoms with van der Waals surface area (Å²) in [4.78, 5) is 0. The van der Waals surface area contributed by atoms with Crippen LogP contribution in [0.15, 0.2) is 24.3 Å². The molecular weight excluding hydrogens is 254 g/mol. The molecule has 0 spiro atoms. The van der Waals surface area contributed by atoms with Crippen LogP contribution in [0.5, 0.6) is 0 Å². The number of nitrogens with one attached hydrogen (secondary N) is 1. The van der Waals surface area contributed by atoms with E-state index in [9.17, 15) is 0 Å². The molecule has 1 saturated carbocycles. The Morgan fingerprint density at radius 2 is 1.79 bits per heavy atom. The maximum absolute atomic E-state index is 6.48. The highest BCUT2D eigenvalue weighted by atomic mass is 35.5. The topological polar surface area (TPSA) is 12.0 Å². The van der Waals surface area contributed by atoms with E-state index in [1.54, 1.807) is 0 Å². The van der Waals surface area contributed by atoms with Gasteiger partial charge in [-0.15, -0.1) is 0 Å². The lowest BCUT2D eigenvalue weighted by Gasteiger charge is -2.35. The lowest BCUT2D eigenvalue weighted by molar-refractivity contribution is 0.334. The Morgan fingerprint density at radius 1 is 1.16 bits per heavy atom. The smallest absolute Gasteiger partial charge is 0.0444 e. The molecule has 0 aromatic heterocycles. The molecule has 1 aromatic rings. The Labute approximate surface area is 122 Å². The maximum Gasteiger partial charge on any atom is 0.0444 e. The Kier molecular flexibility index (Phi) is 5.29. The zero-order valence-corrected chi connectivity index (χ0v) is 13.0. The Bertz CT molecular complexity index is 392. The lowest BCUT2D eigenvalue weighted by atomic mass is 9.73. The van der Waals surface area contributed by atoms with E-state index in [4.69, 9.17) is 11.6 Å². The van der Waals surface area contributed by atoms with Crippen molar-refractivity contribution in [1.82, 2.24) is 5.32 Å². The van der Waals surface area contributed by atoms with Crippen molar-refractivity contribution in [1.29, 1.82) is 0 Å². The predicted octanol–water partition coefficient (Wildman–Crippen LogP) is 4.93. The molecule has 0 amide bonds. The number of rotatable bonds is 8. The minimum absolute atomic E-state index is 0.213. The van der Waals surface area contributed by atoms with Gasteiger partial charge in [-0.2, -0.15) is 0 Å². The van der Waals surface area contributed by atoms with Gasteiger partial charge in [0.15, 0.2) is 0 Å². The summed E-state index contributed by atoms with van der Waals surface area (Å²) in [5, 5.41) is 4.67. The van der Waals surface area contributed by atoms with Gasteiger partial charge in [0.1, 0.15) is 0 Å². The molecule has 0 bridgehead atoms. The van der Waals surface area contributed by atoms with Gasteiger partial charge < -0.3 is 5.32 Å². The van der Waals surface area contributed by atoms with Gasteiger partial charge in [0.05, 0.1) is 0 Å². The quantitative estimate of drug-likeness (QED) is 0.711. The molecule has 19 heavy (non-hydrogen) atoms. The van der Waals surface area contributed by atoms with Crippen LogP contribution in [0.2, 0.25) is 5.02 Å². The van der Waals surface area contributed by atoms with Crippen LogP contribution in [-0.4, -0.2) is 12.6 Å². The first-order valence-electron chi connectivity index (χ1n) is 7.70. The molecule has 2 rings (SSSR count). The first-order chi connectivity index (χ1) is 9.22. The van der Waals surface area contributed by atoms with Crippen molar-refractivity contribution in [3.63, 3.8) is 0 Å². The second-order valence-electron chi connectivity index (χ2n) is 5.92. The van der Waals surface area contributed by atoms with Crippen molar-refractivity contribution >= 4 is 11.6 Å². The van der Waals surface area contributed by atoms with Gasteiger partial charge in [-0.05, 0) is 37.3 Å². The monoisotopic (exact) mass is 279 g/mol. The van der Waals surface area contributed by atoms with Crippen LogP contribution in [0.4, 0.5) is 0 Å². The summed E-state index contributed by atoms with van der Waals surface area (Å²) in [5.74, 6) is 0. The fourth-order valence-corrected chi connectivity index (χ4v) is 3.48. The number of hydrogen-bond donors (Lipinski definition) is 1. The van der Waals surface area contributed by atoms with Crippen LogP contribution in [0.1, 0.15) is 57.9 Å².